The van der Waals surface area contributed by atoms with Crippen molar-refractivity contribution in [2.75, 3.05) is 20.3 Å². The summed E-state index contributed by atoms with van der Waals surface area (Å²) < 4.78 is 16.8. The van der Waals surface area contributed by atoms with E-state index in [1.807, 2.05) is 0 Å². The molecule has 3 aliphatic rings. The topological polar surface area (TPSA) is 57.4 Å². The van der Waals surface area contributed by atoms with Crippen LogP contribution in [0.1, 0.15) is 56.2 Å². The number of ether oxygens (including phenoxy) is 2. The minimum absolute atomic E-state index is 0.405. The molecular weight excluding hydrogens is 256 g/mol. The number of rotatable bonds is 3. The van der Waals surface area contributed by atoms with Crippen molar-refractivity contribution in [2.24, 2.45) is 11.8 Å². The van der Waals surface area contributed by atoms with Crippen LogP contribution in [0, 0.1) is 11.8 Å². The van der Waals surface area contributed by atoms with Crippen molar-refractivity contribution in [3.8, 4) is 0 Å². The molecule has 0 amide bonds. The van der Waals surface area contributed by atoms with Gasteiger partial charge in [0.15, 0.2) is 0 Å². The van der Waals surface area contributed by atoms with Crippen LogP contribution in [0.5, 0.6) is 0 Å². The van der Waals surface area contributed by atoms with E-state index in [4.69, 9.17) is 19.0 Å². The highest BCUT2D eigenvalue weighted by Crippen LogP contribution is 2.52. The van der Waals surface area contributed by atoms with Crippen LogP contribution in [0.2, 0.25) is 0 Å². The molecule has 0 spiro atoms. The van der Waals surface area contributed by atoms with Gasteiger partial charge in [0.25, 0.3) is 0 Å². The number of fused-ring (bicyclic) bond motifs is 2. The van der Waals surface area contributed by atoms with Crippen molar-refractivity contribution >= 4 is 0 Å². The Morgan fingerprint density at radius 2 is 2.05 bits per heavy atom. The second kappa shape index (κ2) is 4.81. The smallest absolute Gasteiger partial charge is 0.230 e. The Morgan fingerprint density at radius 3 is 2.70 bits per heavy atom. The quantitative estimate of drug-likeness (QED) is 0.850. The lowest BCUT2D eigenvalue weighted by Gasteiger charge is -2.32. The number of aromatic nitrogens is 2. The van der Waals surface area contributed by atoms with Gasteiger partial charge in [0, 0.05) is 39.1 Å². The van der Waals surface area contributed by atoms with E-state index >= 15 is 0 Å². The van der Waals surface area contributed by atoms with Crippen LogP contribution < -0.4 is 0 Å². The van der Waals surface area contributed by atoms with E-state index in [9.17, 15) is 0 Å². The summed E-state index contributed by atoms with van der Waals surface area (Å²) in [5.41, 5.74) is -0.405. The van der Waals surface area contributed by atoms with E-state index in [0.29, 0.717) is 19.1 Å². The van der Waals surface area contributed by atoms with Crippen LogP contribution in [-0.4, -0.2) is 30.5 Å². The zero-order chi connectivity index (χ0) is 13.6. The second-order valence-electron chi connectivity index (χ2n) is 6.55. The molecule has 110 valence electrons. The predicted octanol–water partition coefficient (Wildman–Crippen LogP) is 2.63. The van der Waals surface area contributed by atoms with Gasteiger partial charge in [-0.15, -0.1) is 0 Å². The molecule has 3 fully saturated rings. The molecule has 1 aromatic rings. The molecule has 20 heavy (non-hydrogen) atoms. The van der Waals surface area contributed by atoms with Gasteiger partial charge in [0.05, 0.1) is 0 Å². The van der Waals surface area contributed by atoms with E-state index in [0.717, 1.165) is 36.4 Å². The Morgan fingerprint density at radius 1 is 1.20 bits per heavy atom. The van der Waals surface area contributed by atoms with Gasteiger partial charge >= 0.3 is 0 Å². The van der Waals surface area contributed by atoms with Gasteiger partial charge in [-0.1, -0.05) is 11.6 Å². The third-order valence-electron chi connectivity index (χ3n) is 5.60. The van der Waals surface area contributed by atoms with E-state index in [-0.39, 0.29) is 0 Å². The van der Waals surface area contributed by atoms with Gasteiger partial charge in [-0.25, -0.2) is 0 Å². The Labute approximate surface area is 119 Å². The van der Waals surface area contributed by atoms with Crippen LogP contribution >= 0.6 is 0 Å². The second-order valence-corrected chi connectivity index (χ2v) is 6.55. The average Bonchev–Trinajstić information content (AvgIpc) is 3.23. The first-order valence-electron chi connectivity index (χ1n) is 7.78. The van der Waals surface area contributed by atoms with Crippen molar-refractivity contribution in [3.63, 3.8) is 0 Å². The fraction of sp³-hybridized carbons (Fsp3) is 0.867. The predicted molar refractivity (Wildman–Crippen MR) is 71.2 cm³/mol. The first kappa shape index (κ1) is 12.8. The maximum Gasteiger partial charge on any atom is 0.230 e. The molecule has 3 atom stereocenters. The Kier molecular flexibility index (Phi) is 3.07. The summed E-state index contributed by atoms with van der Waals surface area (Å²) in [6.07, 6.45) is 6.91. The molecule has 0 radical (unpaired) electrons. The molecule has 0 aromatic carbocycles. The highest BCUT2D eigenvalue weighted by molar-refractivity contribution is 5.09. The maximum absolute atomic E-state index is 5.74. The van der Waals surface area contributed by atoms with Crippen molar-refractivity contribution in [1.29, 1.82) is 0 Å². The number of methoxy groups -OCH3 is 1. The van der Waals surface area contributed by atoms with Gasteiger partial charge in [0.1, 0.15) is 5.60 Å². The van der Waals surface area contributed by atoms with E-state index in [1.165, 1.54) is 25.7 Å². The summed E-state index contributed by atoms with van der Waals surface area (Å²) in [6, 6.07) is 0. The summed E-state index contributed by atoms with van der Waals surface area (Å²) in [5, 5.41) is 4.24. The van der Waals surface area contributed by atoms with Crippen LogP contribution in [0.4, 0.5) is 0 Å². The van der Waals surface area contributed by atoms with Crippen LogP contribution in [0.3, 0.4) is 0 Å². The summed E-state index contributed by atoms with van der Waals surface area (Å²) in [5.74, 6) is 3.71. The largest absolute Gasteiger partial charge is 0.381 e. The van der Waals surface area contributed by atoms with Crippen LogP contribution in [0.25, 0.3) is 0 Å². The van der Waals surface area contributed by atoms with Gasteiger partial charge in [0.2, 0.25) is 11.7 Å². The zero-order valence-corrected chi connectivity index (χ0v) is 12.0. The van der Waals surface area contributed by atoms with Gasteiger partial charge in [-0.3, -0.25) is 0 Å². The summed E-state index contributed by atoms with van der Waals surface area (Å²) in [4.78, 5) is 4.72. The third kappa shape index (κ3) is 1.91. The Hall–Kier alpha value is -0.940. The van der Waals surface area contributed by atoms with E-state index in [2.05, 4.69) is 5.16 Å². The summed E-state index contributed by atoms with van der Waals surface area (Å²) in [7, 11) is 1.74. The summed E-state index contributed by atoms with van der Waals surface area (Å²) >= 11 is 0. The molecule has 1 aromatic heterocycles. The average molecular weight is 278 g/mol. The molecule has 2 saturated carbocycles. The highest BCUT2D eigenvalue weighted by Gasteiger charge is 2.45. The monoisotopic (exact) mass is 278 g/mol. The van der Waals surface area contributed by atoms with Gasteiger partial charge in [-0.2, -0.15) is 4.98 Å². The number of hydrogen-bond acceptors (Lipinski definition) is 5. The highest BCUT2D eigenvalue weighted by atomic mass is 16.5. The normalized spacial score (nSPS) is 35.5. The molecule has 5 nitrogen and oxygen atoms in total. The van der Waals surface area contributed by atoms with Crippen molar-refractivity contribution < 1.29 is 14.0 Å². The molecule has 2 aliphatic carbocycles. The Balaban J connectivity index is 1.58. The minimum Gasteiger partial charge on any atom is -0.381 e. The van der Waals surface area contributed by atoms with Gasteiger partial charge in [-0.05, 0) is 31.1 Å². The first-order chi connectivity index (χ1) is 9.81. The molecule has 4 rings (SSSR count). The summed E-state index contributed by atoms with van der Waals surface area (Å²) in [6.45, 7) is 1.40. The molecule has 2 bridgehead atoms. The third-order valence-corrected chi connectivity index (χ3v) is 5.60. The van der Waals surface area contributed by atoms with E-state index in [1.54, 1.807) is 7.11 Å². The molecule has 5 heteroatoms. The maximum atomic E-state index is 5.74. The zero-order valence-electron chi connectivity index (χ0n) is 12.0. The lowest BCUT2D eigenvalue weighted by molar-refractivity contribution is -0.101. The molecular formula is C15H22N2O3. The number of hydrogen-bond donors (Lipinski definition) is 0. The molecule has 0 N–H and O–H groups in total. The lowest BCUT2D eigenvalue weighted by atomic mass is 9.88. The molecule has 3 unspecified atom stereocenters. The molecule has 1 saturated heterocycles. The fourth-order valence-corrected chi connectivity index (χ4v) is 4.34. The van der Waals surface area contributed by atoms with Crippen LogP contribution in [-0.2, 0) is 15.1 Å². The first-order valence-corrected chi connectivity index (χ1v) is 7.78. The SMILES string of the molecule is COC1(c2noc(C3CC4CCC3C4)n2)CCOCC1. The van der Waals surface area contributed by atoms with Crippen molar-refractivity contribution in [3.05, 3.63) is 11.7 Å². The molecule has 1 aliphatic heterocycles. The standard InChI is InChI=1S/C15H22N2O3/c1-18-15(4-6-19-7-5-15)14-16-13(20-17-14)12-9-10-2-3-11(12)8-10/h10-12H,2-9H2,1H3. The van der Waals surface area contributed by atoms with E-state index < -0.39 is 5.60 Å². The fourth-order valence-electron chi connectivity index (χ4n) is 4.34. The number of nitrogens with zero attached hydrogens (tertiary/aromatic N) is 2. The molecule has 2 heterocycles. The van der Waals surface area contributed by atoms with Crippen LogP contribution in [0.15, 0.2) is 4.52 Å². The van der Waals surface area contributed by atoms with Gasteiger partial charge < -0.3 is 14.0 Å². The van der Waals surface area contributed by atoms with Crippen molar-refractivity contribution in [1.82, 2.24) is 10.1 Å². The lowest BCUT2D eigenvalue weighted by Crippen LogP contribution is -2.36. The van der Waals surface area contributed by atoms with Crippen molar-refractivity contribution in [2.45, 2.75) is 50.0 Å². The minimum atomic E-state index is -0.405. The Bertz CT molecular complexity index is 481.